The summed E-state index contributed by atoms with van der Waals surface area (Å²) in [7, 11) is 0. The normalized spacial score (nSPS) is 40.1. The Morgan fingerprint density at radius 2 is 1.94 bits per heavy atom. The van der Waals surface area contributed by atoms with Crippen molar-refractivity contribution in [2.24, 2.45) is 22.7 Å². The van der Waals surface area contributed by atoms with Crippen LogP contribution in [0.25, 0.3) is 0 Å². The number of aliphatic hydroxyl groups excluding tert-OH is 2. The Labute approximate surface area is 214 Å². The number of esters is 2. The summed E-state index contributed by atoms with van der Waals surface area (Å²) in [5, 5.41) is 21.9. The number of aliphatic hydroxyl groups is 2. The van der Waals surface area contributed by atoms with E-state index in [2.05, 4.69) is 19.6 Å². The van der Waals surface area contributed by atoms with Crippen LogP contribution in [0, 0.1) is 22.7 Å². The van der Waals surface area contributed by atoms with Crippen molar-refractivity contribution in [1.82, 2.24) is 0 Å². The largest absolute Gasteiger partial charge is 0.459 e. The SMILES string of the molecule is C=C/C(C)=C\C[C@@]1(C)[C@@H](C)[C@H](OC(=O)CCC)[C@@H](OCC)C23C(=C[C@H](O)C[C@@H]21)[C@@H](O)O[C@@H]3OC(C)=O. The molecule has 8 heteroatoms. The summed E-state index contributed by atoms with van der Waals surface area (Å²) < 4.78 is 24.0. The maximum Gasteiger partial charge on any atom is 0.306 e. The Hall–Kier alpha value is -2.00. The minimum Gasteiger partial charge on any atom is -0.459 e. The standard InChI is InChI=1S/C28H42O8/c1-8-11-22(31)35-23-17(5)27(7,13-12-16(4)9-2)21-15-19(30)14-20-25(32)36-26(34-18(6)29)28(20,21)24(23)33-10-3/h9,12,14,17,19,21,23-26,30,32H,2,8,10-11,13,15H2,1,3-7H3/b16-12-/t17-,19-,21+,23-,24+,25-,26-,27-,28?/m0/s1. The maximum atomic E-state index is 12.8. The highest BCUT2D eigenvalue weighted by molar-refractivity contribution is 5.69. The number of carbonyl (C=O) groups is 2. The second kappa shape index (κ2) is 11.2. The summed E-state index contributed by atoms with van der Waals surface area (Å²) in [4.78, 5) is 25.0. The zero-order chi connectivity index (χ0) is 26.8. The van der Waals surface area contributed by atoms with Gasteiger partial charge < -0.3 is 29.2 Å². The van der Waals surface area contributed by atoms with Crippen LogP contribution in [0.3, 0.4) is 0 Å². The van der Waals surface area contributed by atoms with Crippen molar-refractivity contribution in [3.8, 4) is 0 Å². The first kappa shape index (κ1) is 28.6. The second-order valence-electron chi connectivity index (χ2n) is 10.6. The van der Waals surface area contributed by atoms with Crippen molar-refractivity contribution in [2.45, 2.75) is 98.1 Å². The fourth-order valence-electron chi connectivity index (χ4n) is 6.55. The minimum atomic E-state index is -1.40. The van der Waals surface area contributed by atoms with Gasteiger partial charge in [0.05, 0.1) is 11.5 Å². The monoisotopic (exact) mass is 506 g/mol. The number of hydrogen-bond donors (Lipinski definition) is 2. The third kappa shape index (κ3) is 4.80. The maximum absolute atomic E-state index is 12.8. The first-order chi connectivity index (χ1) is 17.0. The zero-order valence-corrected chi connectivity index (χ0v) is 22.4. The van der Waals surface area contributed by atoms with Gasteiger partial charge in [0.1, 0.15) is 12.2 Å². The van der Waals surface area contributed by atoms with Gasteiger partial charge in [-0.15, -0.1) is 0 Å². The van der Waals surface area contributed by atoms with E-state index in [1.54, 1.807) is 12.2 Å². The molecule has 3 aliphatic rings. The van der Waals surface area contributed by atoms with Gasteiger partial charge >= 0.3 is 11.9 Å². The van der Waals surface area contributed by atoms with Crippen LogP contribution in [0.4, 0.5) is 0 Å². The molecule has 0 aromatic carbocycles. The molecule has 2 aliphatic carbocycles. The van der Waals surface area contributed by atoms with Crippen LogP contribution in [0.15, 0.2) is 36.0 Å². The lowest BCUT2D eigenvalue weighted by Crippen LogP contribution is -2.69. The van der Waals surface area contributed by atoms with E-state index in [-0.39, 0.29) is 24.2 Å². The predicted octanol–water partition coefficient (Wildman–Crippen LogP) is 3.81. The topological polar surface area (TPSA) is 112 Å². The number of hydrogen-bond acceptors (Lipinski definition) is 8. The van der Waals surface area contributed by atoms with E-state index in [1.165, 1.54) is 6.92 Å². The lowest BCUT2D eigenvalue weighted by Gasteiger charge is -2.63. The van der Waals surface area contributed by atoms with Gasteiger partial charge in [0, 0.05) is 25.9 Å². The van der Waals surface area contributed by atoms with E-state index in [0.29, 0.717) is 31.4 Å². The van der Waals surface area contributed by atoms with E-state index in [9.17, 15) is 19.8 Å². The van der Waals surface area contributed by atoms with Crippen LogP contribution in [0.2, 0.25) is 0 Å². The van der Waals surface area contributed by atoms with Crippen LogP contribution in [0.5, 0.6) is 0 Å². The van der Waals surface area contributed by atoms with Crippen LogP contribution >= 0.6 is 0 Å². The predicted molar refractivity (Wildman–Crippen MR) is 133 cm³/mol. The molecule has 0 bridgehead atoms. The molecule has 2 N–H and O–H groups in total. The first-order valence-corrected chi connectivity index (χ1v) is 13.0. The van der Waals surface area contributed by atoms with Gasteiger partial charge in [0.15, 0.2) is 6.29 Å². The second-order valence-corrected chi connectivity index (χ2v) is 10.6. The van der Waals surface area contributed by atoms with E-state index in [4.69, 9.17) is 18.9 Å². The smallest absolute Gasteiger partial charge is 0.306 e. The van der Waals surface area contributed by atoms with Crippen molar-refractivity contribution < 1.29 is 38.7 Å². The van der Waals surface area contributed by atoms with E-state index < -0.39 is 47.7 Å². The molecule has 202 valence electrons. The average Bonchev–Trinajstić information content (AvgIpc) is 3.08. The van der Waals surface area contributed by atoms with Gasteiger partial charge in [-0.25, -0.2) is 0 Å². The molecule has 1 heterocycles. The molecule has 0 radical (unpaired) electrons. The summed E-state index contributed by atoms with van der Waals surface area (Å²) in [5.41, 5.74) is -0.305. The van der Waals surface area contributed by atoms with E-state index >= 15 is 0 Å². The zero-order valence-electron chi connectivity index (χ0n) is 22.4. The summed E-state index contributed by atoms with van der Waals surface area (Å²) in [5.74, 6) is -1.42. The van der Waals surface area contributed by atoms with Crippen LogP contribution in [-0.2, 0) is 28.5 Å². The molecule has 0 aromatic heterocycles. The van der Waals surface area contributed by atoms with Gasteiger partial charge in [0.2, 0.25) is 6.29 Å². The molecule has 36 heavy (non-hydrogen) atoms. The van der Waals surface area contributed by atoms with E-state index in [1.807, 2.05) is 27.7 Å². The molecule has 0 aromatic rings. The van der Waals surface area contributed by atoms with Gasteiger partial charge in [0.25, 0.3) is 0 Å². The Balaban J connectivity index is 2.30. The van der Waals surface area contributed by atoms with Crippen molar-refractivity contribution in [2.75, 3.05) is 6.61 Å². The van der Waals surface area contributed by atoms with Crippen LogP contribution in [-0.4, -0.2) is 59.7 Å². The van der Waals surface area contributed by atoms with E-state index in [0.717, 1.165) is 5.57 Å². The minimum absolute atomic E-state index is 0.193. The van der Waals surface area contributed by atoms with Crippen molar-refractivity contribution in [3.63, 3.8) is 0 Å². The molecule has 0 amide bonds. The molecule has 1 spiro atoms. The quantitative estimate of drug-likeness (QED) is 0.276. The molecule has 9 atom stereocenters. The molecule has 1 saturated heterocycles. The highest BCUT2D eigenvalue weighted by Gasteiger charge is 2.74. The Bertz CT molecular complexity index is 909. The van der Waals surface area contributed by atoms with Crippen molar-refractivity contribution in [1.29, 1.82) is 0 Å². The third-order valence-corrected chi connectivity index (χ3v) is 8.46. The fourth-order valence-corrected chi connectivity index (χ4v) is 6.55. The van der Waals surface area contributed by atoms with Gasteiger partial charge in [-0.2, -0.15) is 0 Å². The van der Waals surface area contributed by atoms with Gasteiger partial charge in [-0.05, 0) is 50.0 Å². The Morgan fingerprint density at radius 1 is 1.25 bits per heavy atom. The molecule has 1 saturated carbocycles. The fraction of sp³-hybridized carbons (Fsp3) is 0.714. The first-order valence-electron chi connectivity index (χ1n) is 13.0. The van der Waals surface area contributed by atoms with Crippen molar-refractivity contribution >= 4 is 11.9 Å². The van der Waals surface area contributed by atoms with Crippen LogP contribution < -0.4 is 0 Å². The number of allylic oxidation sites excluding steroid dienone is 3. The highest BCUT2D eigenvalue weighted by Crippen LogP contribution is 2.67. The molecule has 8 nitrogen and oxygen atoms in total. The Kier molecular flexibility index (Phi) is 8.87. The molecule has 3 rings (SSSR count). The third-order valence-electron chi connectivity index (χ3n) is 8.46. The van der Waals surface area contributed by atoms with Crippen LogP contribution in [0.1, 0.15) is 67.2 Å². The number of ether oxygens (including phenoxy) is 4. The average molecular weight is 507 g/mol. The molecular formula is C28H42O8. The summed E-state index contributed by atoms with van der Waals surface area (Å²) in [6.07, 6.45) is 2.42. The highest BCUT2D eigenvalue weighted by atomic mass is 16.7. The van der Waals surface area contributed by atoms with Gasteiger partial charge in [-0.1, -0.05) is 51.2 Å². The molecular weight excluding hydrogens is 464 g/mol. The molecule has 1 unspecified atom stereocenters. The summed E-state index contributed by atoms with van der Waals surface area (Å²) in [6, 6.07) is 0. The Morgan fingerprint density at radius 3 is 2.53 bits per heavy atom. The molecule has 2 fully saturated rings. The van der Waals surface area contributed by atoms with Gasteiger partial charge in [-0.3, -0.25) is 9.59 Å². The lowest BCUT2D eigenvalue weighted by atomic mass is 9.44. The number of rotatable bonds is 9. The molecule has 1 aliphatic heterocycles. The number of carbonyl (C=O) groups excluding carboxylic acids is 2. The lowest BCUT2D eigenvalue weighted by molar-refractivity contribution is -0.282. The summed E-state index contributed by atoms with van der Waals surface area (Å²) >= 11 is 0. The summed E-state index contributed by atoms with van der Waals surface area (Å²) in [6.45, 7) is 15.3. The van der Waals surface area contributed by atoms with Crippen molar-refractivity contribution in [3.05, 3.63) is 36.0 Å².